The van der Waals surface area contributed by atoms with Gasteiger partial charge in [0.2, 0.25) is 0 Å². The van der Waals surface area contributed by atoms with E-state index >= 15 is 0 Å². The van der Waals surface area contributed by atoms with Gasteiger partial charge >= 0.3 is 0 Å². The van der Waals surface area contributed by atoms with Crippen LogP contribution < -0.4 is 16.6 Å². The first kappa shape index (κ1) is 10.5. The number of aromatic nitrogens is 2. The third-order valence-corrected chi connectivity index (χ3v) is 3.31. The fourth-order valence-corrected chi connectivity index (χ4v) is 2.20. The van der Waals surface area contributed by atoms with E-state index in [0.717, 1.165) is 17.3 Å². The molecular formula is C11H13N5S. The van der Waals surface area contributed by atoms with Crippen LogP contribution in [0.1, 0.15) is 24.6 Å². The molecule has 0 radical (unpaired) electrons. The SMILES string of the molecule is NNc1cc(Nc2ccsc2)nc(C2CC2)n1. The molecule has 6 heteroatoms. The normalized spacial score (nSPS) is 14.6. The highest BCUT2D eigenvalue weighted by Gasteiger charge is 2.27. The molecule has 5 nitrogen and oxygen atoms in total. The van der Waals surface area contributed by atoms with Gasteiger partial charge in [-0.2, -0.15) is 11.3 Å². The number of rotatable bonds is 4. The number of hydrogen-bond acceptors (Lipinski definition) is 6. The first-order chi connectivity index (χ1) is 8.35. The molecule has 0 atom stereocenters. The van der Waals surface area contributed by atoms with E-state index in [1.54, 1.807) is 11.3 Å². The van der Waals surface area contributed by atoms with Crippen LogP contribution in [0.15, 0.2) is 22.9 Å². The molecule has 1 fully saturated rings. The summed E-state index contributed by atoms with van der Waals surface area (Å²) in [7, 11) is 0. The zero-order valence-corrected chi connectivity index (χ0v) is 10.00. The van der Waals surface area contributed by atoms with Crippen LogP contribution in [0.3, 0.4) is 0 Å². The number of hydrazine groups is 1. The predicted octanol–water partition coefficient (Wildman–Crippen LogP) is 2.44. The first-order valence-electron chi connectivity index (χ1n) is 5.50. The molecule has 1 aliphatic carbocycles. The largest absolute Gasteiger partial charge is 0.339 e. The van der Waals surface area contributed by atoms with Crippen molar-refractivity contribution in [2.24, 2.45) is 5.84 Å². The Labute approximate surface area is 103 Å². The number of anilines is 3. The fourth-order valence-electron chi connectivity index (χ4n) is 1.61. The van der Waals surface area contributed by atoms with Crippen molar-refractivity contribution >= 4 is 28.7 Å². The molecule has 3 rings (SSSR count). The predicted molar refractivity (Wildman–Crippen MR) is 69.4 cm³/mol. The van der Waals surface area contributed by atoms with Gasteiger partial charge in [0.15, 0.2) is 0 Å². The average molecular weight is 247 g/mol. The van der Waals surface area contributed by atoms with Crippen LogP contribution in [0.4, 0.5) is 17.3 Å². The first-order valence-corrected chi connectivity index (χ1v) is 6.44. The summed E-state index contributed by atoms with van der Waals surface area (Å²) in [5.74, 6) is 8.23. The van der Waals surface area contributed by atoms with Gasteiger partial charge in [0.25, 0.3) is 0 Å². The molecule has 4 N–H and O–H groups in total. The summed E-state index contributed by atoms with van der Waals surface area (Å²) < 4.78 is 0. The molecule has 0 bridgehead atoms. The van der Waals surface area contributed by atoms with E-state index < -0.39 is 0 Å². The van der Waals surface area contributed by atoms with Gasteiger partial charge in [0.1, 0.15) is 17.5 Å². The molecule has 1 saturated carbocycles. The van der Waals surface area contributed by atoms with E-state index in [-0.39, 0.29) is 0 Å². The van der Waals surface area contributed by atoms with Crippen molar-refractivity contribution in [1.82, 2.24) is 9.97 Å². The Morgan fingerprint density at radius 1 is 1.29 bits per heavy atom. The molecule has 0 saturated heterocycles. The molecule has 2 aromatic rings. The summed E-state index contributed by atoms with van der Waals surface area (Å²) in [5, 5.41) is 7.30. The van der Waals surface area contributed by atoms with Gasteiger partial charge in [-0.3, -0.25) is 0 Å². The highest BCUT2D eigenvalue weighted by molar-refractivity contribution is 7.08. The van der Waals surface area contributed by atoms with E-state index in [0.29, 0.717) is 11.7 Å². The van der Waals surface area contributed by atoms with Gasteiger partial charge in [-0.1, -0.05) is 0 Å². The van der Waals surface area contributed by atoms with E-state index in [4.69, 9.17) is 5.84 Å². The Balaban J connectivity index is 1.89. The third kappa shape index (κ3) is 2.37. The maximum Gasteiger partial charge on any atom is 0.145 e. The summed E-state index contributed by atoms with van der Waals surface area (Å²) in [6, 6.07) is 3.82. The van der Waals surface area contributed by atoms with Gasteiger partial charge in [0.05, 0.1) is 5.69 Å². The van der Waals surface area contributed by atoms with Crippen LogP contribution in [-0.4, -0.2) is 9.97 Å². The number of nitrogen functional groups attached to an aromatic ring is 1. The lowest BCUT2D eigenvalue weighted by Crippen LogP contribution is -2.11. The Hall–Kier alpha value is -1.66. The van der Waals surface area contributed by atoms with E-state index in [9.17, 15) is 0 Å². The fraction of sp³-hybridized carbons (Fsp3) is 0.273. The minimum atomic E-state index is 0.506. The van der Waals surface area contributed by atoms with Crippen molar-refractivity contribution in [3.63, 3.8) is 0 Å². The smallest absolute Gasteiger partial charge is 0.145 e. The Kier molecular flexibility index (Phi) is 2.66. The minimum absolute atomic E-state index is 0.506. The quantitative estimate of drug-likeness (QED) is 0.571. The van der Waals surface area contributed by atoms with Gasteiger partial charge in [-0.15, -0.1) is 0 Å². The van der Waals surface area contributed by atoms with Gasteiger partial charge < -0.3 is 10.7 Å². The summed E-state index contributed by atoms with van der Waals surface area (Å²) in [6.07, 6.45) is 2.35. The van der Waals surface area contributed by atoms with Gasteiger partial charge in [-0.25, -0.2) is 15.8 Å². The number of nitrogens with one attached hydrogen (secondary N) is 2. The second-order valence-electron chi connectivity index (χ2n) is 4.05. The summed E-state index contributed by atoms with van der Waals surface area (Å²) >= 11 is 1.65. The Morgan fingerprint density at radius 2 is 2.12 bits per heavy atom. The number of thiophene rings is 1. The Bertz CT molecular complexity index is 507. The molecule has 0 spiro atoms. The van der Waals surface area contributed by atoms with Crippen LogP contribution in [-0.2, 0) is 0 Å². The standard InChI is InChI=1S/C11H13N5S/c12-16-10-5-9(13-8-3-4-17-6-8)14-11(15-10)7-1-2-7/h3-7H,1-2,12H2,(H2,13,14,15,16). The Morgan fingerprint density at radius 3 is 2.76 bits per heavy atom. The number of nitrogens with two attached hydrogens (primary N) is 1. The molecule has 2 aromatic heterocycles. The maximum absolute atomic E-state index is 5.42. The summed E-state index contributed by atoms with van der Waals surface area (Å²) in [6.45, 7) is 0. The van der Waals surface area contributed by atoms with Crippen molar-refractivity contribution in [2.45, 2.75) is 18.8 Å². The molecule has 0 amide bonds. The highest BCUT2D eigenvalue weighted by atomic mass is 32.1. The van der Waals surface area contributed by atoms with Crippen molar-refractivity contribution in [1.29, 1.82) is 0 Å². The summed E-state index contributed by atoms with van der Waals surface area (Å²) in [4.78, 5) is 8.86. The van der Waals surface area contributed by atoms with Crippen LogP contribution in [0.25, 0.3) is 0 Å². The molecule has 1 aliphatic rings. The van der Waals surface area contributed by atoms with Crippen molar-refractivity contribution in [3.05, 3.63) is 28.7 Å². The van der Waals surface area contributed by atoms with E-state index in [1.165, 1.54) is 12.8 Å². The lowest BCUT2D eigenvalue weighted by Gasteiger charge is -2.08. The van der Waals surface area contributed by atoms with Crippen LogP contribution in [0.2, 0.25) is 0 Å². The van der Waals surface area contributed by atoms with Crippen LogP contribution in [0.5, 0.6) is 0 Å². The molecular weight excluding hydrogens is 234 g/mol. The van der Waals surface area contributed by atoms with Crippen molar-refractivity contribution < 1.29 is 0 Å². The van der Waals surface area contributed by atoms with E-state index in [1.807, 2.05) is 22.9 Å². The zero-order valence-electron chi connectivity index (χ0n) is 9.18. The molecule has 88 valence electrons. The minimum Gasteiger partial charge on any atom is -0.339 e. The lowest BCUT2D eigenvalue weighted by atomic mass is 10.3. The monoisotopic (exact) mass is 247 g/mol. The summed E-state index contributed by atoms with van der Waals surface area (Å²) in [5.41, 5.74) is 3.62. The zero-order chi connectivity index (χ0) is 11.7. The van der Waals surface area contributed by atoms with Crippen molar-refractivity contribution in [2.75, 3.05) is 10.7 Å². The number of nitrogens with zero attached hydrogens (tertiary/aromatic N) is 2. The maximum atomic E-state index is 5.42. The van der Waals surface area contributed by atoms with Crippen LogP contribution in [0, 0.1) is 0 Å². The van der Waals surface area contributed by atoms with Gasteiger partial charge in [-0.05, 0) is 24.3 Å². The second-order valence-corrected chi connectivity index (χ2v) is 4.83. The highest BCUT2D eigenvalue weighted by Crippen LogP contribution is 2.39. The van der Waals surface area contributed by atoms with E-state index in [2.05, 4.69) is 20.7 Å². The third-order valence-electron chi connectivity index (χ3n) is 2.63. The lowest BCUT2D eigenvalue weighted by molar-refractivity contribution is 0.929. The average Bonchev–Trinajstić information content (AvgIpc) is 3.09. The molecule has 0 aromatic carbocycles. The van der Waals surface area contributed by atoms with Crippen LogP contribution >= 0.6 is 11.3 Å². The second kappa shape index (κ2) is 4.31. The molecule has 17 heavy (non-hydrogen) atoms. The molecule has 2 heterocycles. The van der Waals surface area contributed by atoms with Crippen molar-refractivity contribution in [3.8, 4) is 0 Å². The molecule has 0 unspecified atom stereocenters. The van der Waals surface area contributed by atoms with Gasteiger partial charge in [0, 0.05) is 17.4 Å². The molecule has 0 aliphatic heterocycles. The number of hydrogen-bond donors (Lipinski definition) is 3. The topological polar surface area (TPSA) is 75.9 Å².